The largest absolute Gasteiger partial charge is 0.444 e. The topological polar surface area (TPSA) is 38.3 Å². The van der Waals surface area contributed by atoms with Gasteiger partial charge < -0.3 is 4.74 Å². The van der Waals surface area contributed by atoms with E-state index < -0.39 is 6.09 Å². The van der Waals surface area contributed by atoms with E-state index in [9.17, 15) is 4.79 Å². The molecule has 6 heteroatoms. The number of amides is 1. The maximum absolute atomic E-state index is 11.5. The van der Waals surface area contributed by atoms with Crippen molar-refractivity contribution in [3.05, 3.63) is 45.1 Å². The number of hydrogen-bond donors (Lipinski definition) is 1. The normalized spacial score (nSPS) is 9.88. The Kier molecular flexibility index (Phi) is 4.24. The highest BCUT2D eigenvalue weighted by Gasteiger charge is 2.05. The van der Waals surface area contributed by atoms with Gasteiger partial charge in [-0.3, -0.25) is 5.32 Å². The summed E-state index contributed by atoms with van der Waals surface area (Å²) in [6.07, 6.45) is -0.481. The predicted octanol–water partition coefficient (Wildman–Crippen LogP) is 4.29. The van der Waals surface area contributed by atoms with Gasteiger partial charge in [0.1, 0.15) is 10.4 Å². The van der Waals surface area contributed by atoms with E-state index in [2.05, 4.69) is 5.32 Å². The van der Waals surface area contributed by atoms with Crippen molar-refractivity contribution >= 4 is 44.7 Å². The van der Waals surface area contributed by atoms with Crippen LogP contribution in [0.2, 0.25) is 0 Å². The van der Waals surface area contributed by atoms with E-state index in [1.54, 1.807) is 5.38 Å². The monoisotopic (exact) mass is 283 g/mol. The van der Waals surface area contributed by atoms with Gasteiger partial charge in [0, 0.05) is 5.38 Å². The minimum absolute atomic E-state index is 0.257. The Morgan fingerprint density at radius 3 is 2.76 bits per heavy atom. The Hall–Kier alpha value is -1.24. The van der Waals surface area contributed by atoms with Gasteiger partial charge in [-0.1, -0.05) is 63.2 Å². The summed E-state index contributed by atoms with van der Waals surface area (Å²) in [5, 5.41) is 4.42. The van der Waals surface area contributed by atoms with Crippen molar-refractivity contribution in [2.75, 3.05) is 5.32 Å². The first-order valence-electron chi connectivity index (χ1n) is 4.81. The molecule has 0 fully saturated rings. The standard InChI is InChI=1S/C11H9NO2S3/c13-11(12-9-7-16-17-10(9)15)14-6-8-4-2-1-3-5-8/h1-5,7H,6H2,(H,12,13). The highest BCUT2D eigenvalue weighted by atomic mass is 32.9. The molecule has 1 aromatic heterocycles. The summed E-state index contributed by atoms with van der Waals surface area (Å²) in [5.74, 6) is 0. The van der Waals surface area contributed by atoms with Crippen molar-refractivity contribution in [2.24, 2.45) is 0 Å². The Morgan fingerprint density at radius 1 is 1.35 bits per heavy atom. The zero-order valence-corrected chi connectivity index (χ0v) is 11.2. The molecular formula is C11H9NO2S3. The summed E-state index contributed by atoms with van der Waals surface area (Å²) in [6.45, 7) is 0.257. The van der Waals surface area contributed by atoms with Gasteiger partial charge in [0.15, 0.2) is 0 Å². The molecule has 0 unspecified atom stereocenters. The van der Waals surface area contributed by atoms with Crippen molar-refractivity contribution in [1.82, 2.24) is 0 Å². The number of ether oxygens (including phenoxy) is 1. The van der Waals surface area contributed by atoms with E-state index in [-0.39, 0.29) is 6.61 Å². The summed E-state index contributed by atoms with van der Waals surface area (Å²) in [7, 11) is 2.94. The first-order chi connectivity index (χ1) is 8.25. The first-order valence-corrected chi connectivity index (χ1v) is 7.43. The second-order valence-electron chi connectivity index (χ2n) is 3.19. The Labute approximate surface area is 111 Å². The molecule has 1 aromatic carbocycles. The van der Waals surface area contributed by atoms with Crippen LogP contribution in [0, 0.1) is 3.82 Å². The lowest BCUT2D eigenvalue weighted by molar-refractivity contribution is 0.155. The molecule has 0 aliphatic carbocycles. The molecule has 0 spiro atoms. The highest BCUT2D eigenvalue weighted by molar-refractivity contribution is 7.79. The van der Waals surface area contributed by atoms with Gasteiger partial charge in [-0.15, -0.1) is 0 Å². The minimum Gasteiger partial charge on any atom is -0.444 e. The SMILES string of the molecule is O=C(Nc1cssc1=S)OCc1ccccc1. The van der Waals surface area contributed by atoms with Crippen molar-refractivity contribution in [3.63, 3.8) is 0 Å². The van der Waals surface area contributed by atoms with Crippen molar-refractivity contribution in [2.45, 2.75) is 6.61 Å². The quantitative estimate of drug-likeness (QED) is 0.674. The molecule has 3 nitrogen and oxygen atoms in total. The Bertz CT molecular complexity index is 547. The Balaban J connectivity index is 1.87. The number of anilines is 1. The van der Waals surface area contributed by atoms with Crippen molar-refractivity contribution in [3.8, 4) is 0 Å². The molecule has 0 aliphatic heterocycles. The maximum Gasteiger partial charge on any atom is 0.412 e. The molecular weight excluding hydrogens is 274 g/mol. The van der Waals surface area contributed by atoms with Gasteiger partial charge in [0.2, 0.25) is 0 Å². The van der Waals surface area contributed by atoms with Gasteiger partial charge in [-0.2, -0.15) is 0 Å². The summed E-state index contributed by atoms with van der Waals surface area (Å²) in [4.78, 5) is 11.5. The highest BCUT2D eigenvalue weighted by Crippen LogP contribution is 2.21. The van der Waals surface area contributed by atoms with Crippen LogP contribution in [-0.2, 0) is 11.3 Å². The van der Waals surface area contributed by atoms with Crippen LogP contribution >= 0.6 is 32.9 Å². The van der Waals surface area contributed by atoms with Crippen LogP contribution in [0.25, 0.3) is 0 Å². The van der Waals surface area contributed by atoms with Gasteiger partial charge in [-0.05, 0) is 5.56 Å². The van der Waals surface area contributed by atoms with Crippen LogP contribution in [0.5, 0.6) is 0 Å². The molecule has 1 heterocycles. The van der Waals surface area contributed by atoms with E-state index >= 15 is 0 Å². The molecule has 0 aliphatic rings. The minimum atomic E-state index is -0.481. The fourth-order valence-electron chi connectivity index (χ4n) is 1.16. The van der Waals surface area contributed by atoms with E-state index in [0.717, 1.165) is 5.56 Å². The number of hydrogen-bond acceptors (Lipinski definition) is 5. The molecule has 1 amide bonds. The van der Waals surface area contributed by atoms with Gasteiger partial charge in [0.05, 0.1) is 5.69 Å². The average molecular weight is 283 g/mol. The molecule has 0 atom stereocenters. The number of nitrogens with one attached hydrogen (secondary N) is 1. The molecule has 0 bridgehead atoms. The van der Waals surface area contributed by atoms with Crippen LogP contribution in [0.3, 0.4) is 0 Å². The molecule has 0 saturated heterocycles. The second kappa shape index (κ2) is 5.90. The first kappa shape index (κ1) is 12.2. The fourth-order valence-corrected chi connectivity index (χ4v) is 3.34. The van der Waals surface area contributed by atoms with E-state index in [1.165, 1.54) is 20.7 Å². The molecule has 88 valence electrons. The second-order valence-corrected chi connectivity index (χ2v) is 5.93. The van der Waals surface area contributed by atoms with Gasteiger partial charge in [0.25, 0.3) is 0 Å². The number of rotatable bonds is 3. The fraction of sp³-hybridized carbons (Fsp3) is 0.0909. The van der Waals surface area contributed by atoms with Crippen LogP contribution in [0.1, 0.15) is 5.56 Å². The third kappa shape index (κ3) is 3.62. The van der Waals surface area contributed by atoms with E-state index in [0.29, 0.717) is 9.51 Å². The van der Waals surface area contributed by atoms with Crippen LogP contribution in [0.15, 0.2) is 35.7 Å². The lowest BCUT2D eigenvalue weighted by atomic mass is 10.2. The molecule has 2 aromatic rings. The van der Waals surface area contributed by atoms with Crippen molar-refractivity contribution in [1.29, 1.82) is 0 Å². The van der Waals surface area contributed by atoms with Crippen LogP contribution in [0.4, 0.5) is 10.5 Å². The number of carbonyl (C=O) groups excluding carboxylic acids is 1. The summed E-state index contributed by atoms with van der Waals surface area (Å²) >= 11 is 5.04. The molecule has 17 heavy (non-hydrogen) atoms. The zero-order chi connectivity index (χ0) is 12.1. The van der Waals surface area contributed by atoms with Crippen LogP contribution < -0.4 is 5.32 Å². The number of carbonyl (C=O) groups is 1. The van der Waals surface area contributed by atoms with Gasteiger partial charge >= 0.3 is 6.09 Å². The summed E-state index contributed by atoms with van der Waals surface area (Å²) in [6, 6.07) is 9.52. The maximum atomic E-state index is 11.5. The van der Waals surface area contributed by atoms with Crippen LogP contribution in [-0.4, -0.2) is 6.09 Å². The molecule has 0 saturated carbocycles. The lowest BCUT2D eigenvalue weighted by Crippen LogP contribution is -2.13. The summed E-state index contributed by atoms with van der Waals surface area (Å²) in [5.41, 5.74) is 1.60. The third-order valence-corrected chi connectivity index (χ3v) is 4.62. The molecule has 0 radical (unpaired) electrons. The number of benzene rings is 1. The van der Waals surface area contributed by atoms with E-state index in [4.69, 9.17) is 17.0 Å². The Morgan fingerprint density at radius 2 is 2.12 bits per heavy atom. The molecule has 2 rings (SSSR count). The van der Waals surface area contributed by atoms with E-state index in [1.807, 2.05) is 30.3 Å². The smallest absolute Gasteiger partial charge is 0.412 e. The average Bonchev–Trinajstić information content (AvgIpc) is 2.74. The van der Waals surface area contributed by atoms with Crippen molar-refractivity contribution < 1.29 is 9.53 Å². The third-order valence-electron chi connectivity index (χ3n) is 1.96. The lowest BCUT2D eigenvalue weighted by Gasteiger charge is -2.05. The summed E-state index contributed by atoms with van der Waals surface area (Å²) < 4.78 is 5.74. The predicted molar refractivity (Wildman–Crippen MR) is 73.3 cm³/mol. The zero-order valence-electron chi connectivity index (χ0n) is 8.71. The molecule has 1 N–H and O–H groups in total. The van der Waals surface area contributed by atoms with Gasteiger partial charge in [-0.25, -0.2) is 4.79 Å².